The van der Waals surface area contributed by atoms with Crippen molar-refractivity contribution in [2.45, 2.75) is 24.7 Å². The molecule has 1 unspecified atom stereocenters. The minimum Gasteiger partial charge on any atom is -0.355 e. The van der Waals surface area contributed by atoms with Crippen LogP contribution in [0.3, 0.4) is 0 Å². The minimum atomic E-state index is -0.233. The number of benzene rings is 1. The van der Waals surface area contributed by atoms with Crippen LogP contribution < -0.4 is 5.56 Å². The summed E-state index contributed by atoms with van der Waals surface area (Å²) in [6.07, 6.45) is 0. The first-order valence-electron chi connectivity index (χ1n) is 8.10. The Balaban J connectivity index is 1.79. The van der Waals surface area contributed by atoms with Crippen molar-refractivity contribution < 1.29 is 4.79 Å². The summed E-state index contributed by atoms with van der Waals surface area (Å²) in [6.45, 7) is 4.07. The van der Waals surface area contributed by atoms with Crippen LogP contribution in [0, 0.1) is 0 Å². The Morgan fingerprint density at radius 3 is 2.52 bits per heavy atom. The smallest absolute Gasteiger partial charge is 0.264 e. The summed E-state index contributed by atoms with van der Waals surface area (Å²) in [5.41, 5.74) is 2.58. The number of aromatic nitrogens is 3. The van der Waals surface area contributed by atoms with Gasteiger partial charge in [0.05, 0.1) is 11.4 Å². The van der Waals surface area contributed by atoms with Crippen molar-refractivity contribution in [3.05, 3.63) is 81.5 Å². The molecular formula is C19H19N3O2S. The van der Waals surface area contributed by atoms with E-state index in [4.69, 9.17) is 0 Å². The van der Waals surface area contributed by atoms with Crippen molar-refractivity contribution in [2.24, 2.45) is 0 Å². The number of aromatic amines is 2. The van der Waals surface area contributed by atoms with E-state index in [9.17, 15) is 9.59 Å². The molecule has 2 heterocycles. The van der Waals surface area contributed by atoms with Crippen molar-refractivity contribution in [3.63, 3.8) is 0 Å². The number of hydrogen-bond acceptors (Lipinski definition) is 4. The number of thioether (sulfide) groups is 1. The fraction of sp³-hybridized carbons (Fsp3) is 0.211. The molecule has 0 aliphatic carbocycles. The van der Waals surface area contributed by atoms with Gasteiger partial charge in [0, 0.05) is 28.1 Å². The average Bonchev–Trinajstić information content (AvgIpc) is 3.12. The molecule has 0 bridgehead atoms. The maximum atomic E-state index is 12.6. The van der Waals surface area contributed by atoms with Gasteiger partial charge in [0.25, 0.3) is 5.56 Å². The Morgan fingerprint density at radius 2 is 1.88 bits per heavy atom. The maximum absolute atomic E-state index is 12.6. The quantitative estimate of drug-likeness (QED) is 0.524. The van der Waals surface area contributed by atoms with Crippen LogP contribution in [-0.2, 0) is 0 Å². The predicted octanol–water partition coefficient (Wildman–Crippen LogP) is 3.59. The fourth-order valence-corrected chi connectivity index (χ4v) is 3.24. The molecule has 128 valence electrons. The largest absolute Gasteiger partial charge is 0.355 e. The SMILES string of the molecule is CCSc1ccc(C(=O)c2ccc(C(C)c3ccc(=O)[nH]n3)[nH]2)cc1. The predicted molar refractivity (Wildman–Crippen MR) is 99.4 cm³/mol. The van der Waals surface area contributed by atoms with Gasteiger partial charge < -0.3 is 4.98 Å². The summed E-state index contributed by atoms with van der Waals surface area (Å²) in [5, 5.41) is 6.48. The molecule has 1 atom stereocenters. The van der Waals surface area contributed by atoms with Gasteiger partial charge in [-0.15, -0.1) is 11.8 Å². The van der Waals surface area contributed by atoms with E-state index in [1.807, 2.05) is 37.3 Å². The molecule has 0 radical (unpaired) electrons. The first-order chi connectivity index (χ1) is 12.1. The van der Waals surface area contributed by atoms with Crippen molar-refractivity contribution in [1.29, 1.82) is 0 Å². The van der Waals surface area contributed by atoms with Gasteiger partial charge in [0.1, 0.15) is 0 Å². The standard InChI is InChI=1S/C19H19N3O2S/c1-3-25-14-6-4-13(5-7-14)19(24)17-9-8-15(20-17)12(2)16-10-11-18(23)22-21-16/h4-12,20H,3H2,1-2H3,(H,22,23). The van der Waals surface area contributed by atoms with Gasteiger partial charge in [-0.2, -0.15) is 5.10 Å². The normalized spacial score (nSPS) is 12.1. The summed E-state index contributed by atoms with van der Waals surface area (Å²) >= 11 is 1.75. The molecule has 3 aromatic rings. The third-order valence-corrected chi connectivity index (χ3v) is 4.89. The zero-order valence-corrected chi connectivity index (χ0v) is 14.9. The Morgan fingerprint density at radius 1 is 1.12 bits per heavy atom. The molecular weight excluding hydrogens is 334 g/mol. The van der Waals surface area contributed by atoms with Gasteiger partial charge in [0.2, 0.25) is 5.78 Å². The zero-order chi connectivity index (χ0) is 17.8. The van der Waals surface area contributed by atoms with Crippen LogP contribution in [0.15, 0.2) is 58.2 Å². The Labute approximate surface area is 149 Å². The average molecular weight is 353 g/mol. The number of hydrogen-bond donors (Lipinski definition) is 2. The van der Waals surface area contributed by atoms with Crippen molar-refractivity contribution in [1.82, 2.24) is 15.2 Å². The lowest BCUT2D eigenvalue weighted by Crippen LogP contribution is -2.10. The van der Waals surface area contributed by atoms with E-state index in [1.54, 1.807) is 23.9 Å². The molecule has 6 heteroatoms. The molecule has 2 N–H and O–H groups in total. The van der Waals surface area contributed by atoms with Crippen LogP contribution in [0.4, 0.5) is 0 Å². The number of carbonyl (C=O) groups excluding carboxylic acids is 1. The molecule has 25 heavy (non-hydrogen) atoms. The molecule has 5 nitrogen and oxygen atoms in total. The van der Waals surface area contributed by atoms with Gasteiger partial charge in [0.15, 0.2) is 0 Å². The number of ketones is 1. The molecule has 3 rings (SSSR count). The zero-order valence-electron chi connectivity index (χ0n) is 14.1. The van der Waals surface area contributed by atoms with Crippen molar-refractivity contribution in [3.8, 4) is 0 Å². The van der Waals surface area contributed by atoms with Crippen LogP contribution in [0.2, 0.25) is 0 Å². The summed E-state index contributed by atoms with van der Waals surface area (Å²) in [7, 11) is 0. The molecule has 0 saturated carbocycles. The van der Waals surface area contributed by atoms with Gasteiger partial charge in [-0.1, -0.05) is 13.8 Å². The first kappa shape index (κ1) is 17.2. The number of nitrogens with one attached hydrogen (secondary N) is 2. The molecule has 1 aromatic carbocycles. The van der Waals surface area contributed by atoms with Gasteiger partial charge in [-0.25, -0.2) is 5.10 Å². The number of H-pyrrole nitrogens is 2. The van der Waals surface area contributed by atoms with E-state index in [-0.39, 0.29) is 17.3 Å². The summed E-state index contributed by atoms with van der Waals surface area (Å²) in [5.74, 6) is 0.909. The highest BCUT2D eigenvalue weighted by molar-refractivity contribution is 7.99. The Bertz CT molecular complexity index is 908. The van der Waals surface area contributed by atoms with Crippen LogP contribution >= 0.6 is 11.8 Å². The minimum absolute atomic E-state index is 0.0408. The van der Waals surface area contributed by atoms with E-state index < -0.39 is 0 Å². The number of carbonyl (C=O) groups is 1. The van der Waals surface area contributed by atoms with Gasteiger partial charge in [-0.05, 0) is 48.2 Å². The van der Waals surface area contributed by atoms with E-state index in [0.717, 1.165) is 22.0 Å². The number of rotatable bonds is 6. The highest BCUT2D eigenvalue weighted by Crippen LogP contribution is 2.23. The highest BCUT2D eigenvalue weighted by atomic mass is 32.2. The fourth-order valence-electron chi connectivity index (χ4n) is 2.58. The second-order valence-electron chi connectivity index (χ2n) is 5.68. The number of nitrogens with zero attached hydrogens (tertiary/aromatic N) is 1. The maximum Gasteiger partial charge on any atom is 0.264 e. The molecule has 2 aromatic heterocycles. The van der Waals surface area contributed by atoms with Crippen molar-refractivity contribution >= 4 is 17.5 Å². The Hall–Kier alpha value is -2.60. The molecule has 0 spiro atoms. The van der Waals surface area contributed by atoms with Crippen LogP contribution in [0.1, 0.15) is 47.2 Å². The second-order valence-corrected chi connectivity index (χ2v) is 7.02. The van der Waals surface area contributed by atoms with Crippen LogP contribution in [0.5, 0.6) is 0 Å². The Kier molecular flexibility index (Phi) is 5.19. The summed E-state index contributed by atoms with van der Waals surface area (Å²) < 4.78 is 0. The highest BCUT2D eigenvalue weighted by Gasteiger charge is 2.16. The lowest BCUT2D eigenvalue weighted by atomic mass is 10.0. The third kappa shape index (κ3) is 3.91. The summed E-state index contributed by atoms with van der Waals surface area (Å²) in [6, 6.07) is 14.5. The lowest BCUT2D eigenvalue weighted by Gasteiger charge is -2.08. The van der Waals surface area contributed by atoms with E-state index >= 15 is 0 Å². The molecule has 0 aliphatic heterocycles. The molecule has 0 fully saturated rings. The monoisotopic (exact) mass is 353 g/mol. The van der Waals surface area contributed by atoms with E-state index in [1.165, 1.54) is 6.07 Å². The van der Waals surface area contributed by atoms with Crippen molar-refractivity contribution in [2.75, 3.05) is 5.75 Å². The molecule has 0 amide bonds. The van der Waals surface area contributed by atoms with E-state index in [0.29, 0.717) is 11.3 Å². The van der Waals surface area contributed by atoms with Gasteiger partial charge in [-0.3, -0.25) is 9.59 Å². The molecule has 0 saturated heterocycles. The van der Waals surface area contributed by atoms with Crippen LogP contribution in [0.25, 0.3) is 0 Å². The van der Waals surface area contributed by atoms with Gasteiger partial charge >= 0.3 is 0 Å². The van der Waals surface area contributed by atoms with Crippen LogP contribution in [-0.4, -0.2) is 26.7 Å². The third-order valence-electron chi connectivity index (χ3n) is 3.99. The van der Waals surface area contributed by atoms with E-state index in [2.05, 4.69) is 22.1 Å². The molecule has 0 aliphatic rings. The first-order valence-corrected chi connectivity index (χ1v) is 9.09. The second kappa shape index (κ2) is 7.53. The summed E-state index contributed by atoms with van der Waals surface area (Å²) in [4.78, 5) is 28.1. The topological polar surface area (TPSA) is 78.6 Å². The lowest BCUT2D eigenvalue weighted by molar-refractivity contribution is 0.103.